The standard InChI is InChI=1S/C17H21ClN4O3S/c1-4-8-22-15(24)12-7-6-11(18)9-13(12)20-17(22)26-10(3)14(23)21-16(25)19-5-2/h6-7,9-10H,4-5,8H2,1-3H3,(H2,19,21,23,25)/t10-/m0/s1. The summed E-state index contributed by atoms with van der Waals surface area (Å²) in [4.78, 5) is 41.0. The fourth-order valence-electron chi connectivity index (χ4n) is 2.31. The topological polar surface area (TPSA) is 93.1 Å². The van der Waals surface area contributed by atoms with E-state index < -0.39 is 17.2 Å². The summed E-state index contributed by atoms with van der Waals surface area (Å²) in [5.74, 6) is -0.454. The number of nitrogens with one attached hydrogen (secondary N) is 2. The monoisotopic (exact) mass is 396 g/mol. The second-order valence-corrected chi connectivity index (χ2v) is 7.37. The second kappa shape index (κ2) is 9.05. The number of benzene rings is 1. The van der Waals surface area contributed by atoms with Crippen LogP contribution < -0.4 is 16.2 Å². The second-order valence-electron chi connectivity index (χ2n) is 5.62. The molecule has 0 aliphatic carbocycles. The quantitative estimate of drug-likeness (QED) is 0.578. The molecule has 2 N–H and O–H groups in total. The average molecular weight is 397 g/mol. The van der Waals surface area contributed by atoms with Gasteiger partial charge in [-0.25, -0.2) is 9.78 Å². The molecule has 1 heterocycles. The average Bonchev–Trinajstić information content (AvgIpc) is 2.58. The van der Waals surface area contributed by atoms with Crippen molar-refractivity contribution in [2.24, 2.45) is 0 Å². The van der Waals surface area contributed by atoms with E-state index in [0.29, 0.717) is 34.2 Å². The lowest BCUT2D eigenvalue weighted by atomic mass is 10.2. The van der Waals surface area contributed by atoms with E-state index in [9.17, 15) is 14.4 Å². The Morgan fingerprint density at radius 3 is 2.73 bits per heavy atom. The summed E-state index contributed by atoms with van der Waals surface area (Å²) in [6, 6.07) is 4.38. The molecule has 1 atom stereocenters. The maximum atomic E-state index is 12.8. The normalized spacial score (nSPS) is 12.0. The number of halogens is 1. The summed E-state index contributed by atoms with van der Waals surface area (Å²) < 4.78 is 1.55. The third kappa shape index (κ3) is 4.76. The summed E-state index contributed by atoms with van der Waals surface area (Å²) in [6.45, 7) is 6.28. The summed E-state index contributed by atoms with van der Waals surface area (Å²) in [6.07, 6.45) is 0.744. The number of imide groups is 1. The highest BCUT2D eigenvalue weighted by molar-refractivity contribution is 8.00. The van der Waals surface area contributed by atoms with Crippen LogP contribution in [0.2, 0.25) is 5.02 Å². The molecule has 26 heavy (non-hydrogen) atoms. The van der Waals surface area contributed by atoms with Gasteiger partial charge in [0.2, 0.25) is 5.91 Å². The van der Waals surface area contributed by atoms with Gasteiger partial charge in [-0.15, -0.1) is 0 Å². The lowest BCUT2D eigenvalue weighted by Crippen LogP contribution is -2.42. The highest BCUT2D eigenvalue weighted by Gasteiger charge is 2.20. The predicted molar refractivity (Wildman–Crippen MR) is 104 cm³/mol. The Balaban J connectivity index is 2.35. The van der Waals surface area contributed by atoms with Gasteiger partial charge < -0.3 is 5.32 Å². The first-order chi connectivity index (χ1) is 12.4. The van der Waals surface area contributed by atoms with Crippen molar-refractivity contribution in [3.8, 4) is 0 Å². The molecule has 140 valence electrons. The molecule has 0 spiro atoms. The fraction of sp³-hybridized carbons (Fsp3) is 0.412. The van der Waals surface area contributed by atoms with Crippen molar-refractivity contribution >= 4 is 46.2 Å². The number of fused-ring (bicyclic) bond motifs is 1. The number of aromatic nitrogens is 2. The van der Waals surface area contributed by atoms with Gasteiger partial charge in [0.25, 0.3) is 5.56 Å². The molecule has 9 heteroatoms. The Hall–Kier alpha value is -2.06. The van der Waals surface area contributed by atoms with Crippen molar-refractivity contribution in [3.63, 3.8) is 0 Å². The number of hydrogen-bond donors (Lipinski definition) is 2. The van der Waals surface area contributed by atoms with Gasteiger partial charge in [0.05, 0.1) is 16.2 Å². The first-order valence-corrected chi connectivity index (χ1v) is 9.58. The van der Waals surface area contributed by atoms with Crippen molar-refractivity contribution in [3.05, 3.63) is 33.6 Å². The van der Waals surface area contributed by atoms with Gasteiger partial charge in [-0.1, -0.05) is 30.3 Å². The predicted octanol–water partition coefficient (Wildman–Crippen LogP) is 2.79. The molecule has 0 saturated heterocycles. The summed E-state index contributed by atoms with van der Waals surface area (Å²) >= 11 is 7.13. The van der Waals surface area contributed by atoms with E-state index in [-0.39, 0.29) is 5.56 Å². The molecular formula is C17H21ClN4O3S. The van der Waals surface area contributed by atoms with Crippen molar-refractivity contribution in [2.45, 2.75) is 44.1 Å². The summed E-state index contributed by atoms with van der Waals surface area (Å²) in [7, 11) is 0. The Morgan fingerprint density at radius 2 is 2.08 bits per heavy atom. The van der Waals surface area contributed by atoms with E-state index in [1.54, 1.807) is 36.6 Å². The molecule has 0 unspecified atom stereocenters. The zero-order valence-electron chi connectivity index (χ0n) is 14.8. The Labute approximate surface area is 160 Å². The van der Waals surface area contributed by atoms with E-state index in [2.05, 4.69) is 15.6 Å². The Kier molecular flexibility index (Phi) is 7.05. The fourth-order valence-corrected chi connectivity index (χ4v) is 3.42. The number of rotatable bonds is 6. The van der Waals surface area contributed by atoms with Crippen LogP contribution in [0.5, 0.6) is 0 Å². The SMILES string of the molecule is CCCn1c(S[C@@H](C)C(=O)NC(=O)NCC)nc2cc(Cl)ccc2c1=O. The van der Waals surface area contributed by atoms with E-state index in [4.69, 9.17) is 11.6 Å². The number of amides is 3. The Morgan fingerprint density at radius 1 is 1.35 bits per heavy atom. The van der Waals surface area contributed by atoms with Crippen molar-refractivity contribution < 1.29 is 9.59 Å². The van der Waals surface area contributed by atoms with Crippen molar-refractivity contribution in [1.82, 2.24) is 20.2 Å². The lowest BCUT2D eigenvalue weighted by molar-refractivity contribution is -0.119. The van der Waals surface area contributed by atoms with E-state index in [1.807, 2.05) is 6.92 Å². The zero-order valence-corrected chi connectivity index (χ0v) is 16.4. The number of carbonyl (C=O) groups excluding carboxylic acids is 2. The van der Waals surface area contributed by atoms with Crippen LogP contribution >= 0.6 is 23.4 Å². The number of nitrogens with zero attached hydrogens (tertiary/aromatic N) is 2. The molecule has 0 radical (unpaired) electrons. The van der Waals surface area contributed by atoms with Crippen LogP contribution in [-0.2, 0) is 11.3 Å². The minimum absolute atomic E-state index is 0.174. The van der Waals surface area contributed by atoms with Gasteiger partial charge >= 0.3 is 6.03 Å². The van der Waals surface area contributed by atoms with Crippen LogP contribution in [0.1, 0.15) is 27.2 Å². The van der Waals surface area contributed by atoms with Crippen molar-refractivity contribution in [1.29, 1.82) is 0 Å². The van der Waals surface area contributed by atoms with Crippen LogP contribution in [-0.4, -0.2) is 33.3 Å². The van der Waals surface area contributed by atoms with Gasteiger partial charge in [-0.05, 0) is 38.5 Å². The van der Waals surface area contributed by atoms with E-state index in [0.717, 1.165) is 18.2 Å². The number of hydrogen-bond acceptors (Lipinski definition) is 5. The van der Waals surface area contributed by atoms with E-state index in [1.165, 1.54) is 0 Å². The summed E-state index contributed by atoms with van der Waals surface area (Å²) in [5.41, 5.74) is 0.307. The number of thioether (sulfide) groups is 1. The van der Waals surface area contributed by atoms with Gasteiger partial charge in [0, 0.05) is 18.1 Å². The molecule has 3 amide bonds. The largest absolute Gasteiger partial charge is 0.338 e. The molecular weight excluding hydrogens is 376 g/mol. The van der Waals surface area contributed by atoms with Crippen LogP contribution in [0.15, 0.2) is 28.2 Å². The maximum absolute atomic E-state index is 12.8. The molecule has 0 fully saturated rings. The number of urea groups is 1. The first-order valence-electron chi connectivity index (χ1n) is 8.32. The molecule has 1 aromatic carbocycles. The van der Waals surface area contributed by atoms with E-state index >= 15 is 0 Å². The highest BCUT2D eigenvalue weighted by atomic mass is 35.5. The molecule has 2 rings (SSSR count). The molecule has 7 nitrogen and oxygen atoms in total. The third-order valence-corrected chi connectivity index (χ3v) is 4.88. The zero-order chi connectivity index (χ0) is 19.3. The molecule has 2 aromatic rings. The van der Waals surface area contributed by atoms with Crippen LogP contribution in [0.4, 0.5) is 4.79 Å². The highest BCUT2D eigenvalue weighted by Crippen LogP contribution is 2.24. The van der Waals surface area contributed by atoms with Gasteiger partial charge in [0.1, 0.15) is 0 Å². The van der Waals surface area contributed by atoms with Crippen LogP contribution in [0.3, 0.4) is 0 Å². The molecule has 0 bridgehead atoms. The number of carbonyl (C=O) groups is 2. The first kappa shape index (κ1) is 20.3. The molecule has 0 aliphatic heterocycles. The molecule has 1 aromatic heterocycles. The van der Waals surface area contributed by atoms with Gasteiger partial charge in [-0.2, -0.15) is 0 Å². The smallest absolute Gasteiger partial charge is 0.321 e. The lowest BCUT2D eigenvalue weighted by Gasteiger charge is -2.15. The van der Waals surface area contributed by atoms with Gasteiger partial charge in [0.15, 0.2) is 5.16 Å². The third-order valence-electron chi connectivity index (χ3n) is 3.56. The van der Waals surface area contributed by atoms with Gasteiger partial charge in [-0.3, -0.25) is 19.5 Å². The summed E-state index contributed by atoms with van der Waals surface area (Å²) in [5, 5.41) is 5.54. The minimum atomic E-state index is -0.607. The Bertz CT molecular complexity index is 884. The van der Waals surface area contributed by atoms with Crippen molar-refractivity contribution in [2.75, 3.05) is 6.54 Å². The maximum Gasteiger partial charge on any atom is 0.321 e. The molecule has 0 saturated carbocycles. The molecule has 0 aliphatic rings. The van der Waals surface area contributed by atoms with Crippen LogP contribution in [0, 0.1) is 0 Å². The van der Waals surface area contributed by atoms with Crippen LogP contribution in [0.25, 0.3) is 10.9 Å². The minimum Gasteiger partial charge on any atom is -0.338 e.